The third-order valence-electron chi connectivity index (χ3n) is 5.52. The maximum atomic E-state index is 9.73. The summed E-state index contributed by atoms with van der Waals surface area (Å²) in [5.74, 6) is -0.197. The van der Waals surface area contributed by atoms with Crippen molar-refractivity contribution in [1.29, 1.82) is 0 Å². The minimum atomic E-state index is -0.0544. The van der Waals surface area contributed by atoms with Crippen LogP contribution in [0.15, 0.2) is 24.3 Å². The van der Waals surface area contributed by atoms with E-state index in [0.29, 0.717) is 12.1 Å². The van der Waals surface area contributed by atoms with E-state index < -0.39 is 0 Å². The Morgan fingerprint density at radius 3 is 1.36 bits per heavy atom. The molecule has 0 amide bonds. The highest BCUT2D eigenvalue weighted by Crippen LogP contribution is 2.34. The monoisotopic (exact) mass is 341 g/mol. The Morgan fingerprint density at radius 1 is 0.600 bits per heavy atom. The van der Waals surface area contributed by atoms with Gasteiger partial charge in [0.15, 0.2) is 23.0 Å². The summed E-state index contributed by atoms with van der Waals surface area (Å²) in [6.07, 6.45) is 5.46. The normalized spacial score (nSPS) is 22.2. The van der Waals surface area contributed by atoms with Crippen molar-refractivity contribution in [2.24, 2.45) is 0 Å². The van der Waals surface area contributed by atoms with Crippen LogP contribution in [-0.4, -0.2) is 32.5 Å². The fraction of sp³-hybridized carbons (Fsp3) is 0.400. The van der Waals surface area contributed by atoms with Crippen molar-refractivity contribution in [1.82, 2.24) is 5.32 Å². The largest absolute Gasteiger partial charge is 0.504 e. The molecule has 2 aromatic rings. The summed E-state index contributed by atoms with van der Waals surface area (Å²) < 4.78 is 0. The van der Waals surface area contributed by atoms with Crippen molar-refractivity contribution in [2.45, 2.75) is 50.6 Å². The Morgan fingerprint density at radius 2 is 0.960 bits per heavy atom. The van der Waals surface area contributed by atoms with Gasteiger partial charge in [-0.2, -0.15) is 0 Å². The van der Waals surface area contributed by atoms with E-state index in [1.165, 1.54) is 0 Å². The summed E-state index contributed by atoms with van der Waals surface area (Å²) in [6, 6.07) is 7.38. The molecule has 0 aromatic heterocycles. The molecule has 2 aromatic carbocycles. The number of hydrogen-bond acceptors (Lipinski definition) is 5. The molecule has 0 radical (unpaired) electrons. The molecule has 0 heterocycles. The van der Waals surface area contributed by atoms with Crippen LogP contribution in [0.2, 0.25) is 0 Å². The molecule has 0 fully saturated rings. The molecule has 5 nitrogen and oxygen atoms in total. The summed E-state index contributed by atoms with van der Waals surface area (Å²) in [7, 11) is 0. The van der Waals surface area contributed by atoms with Gasteiger partial charge in [0.2, 0.25) is 0 Å². The van der Waals surface area contributed by atoms with E-state index in [2.05, 4.69) is 5.32 Å². The van der Waals surface area contributed by atoms with Gasteiger partial charge in [-0.1, -0.05) is 0 Å². The Balaban J connectivity index is 1.45. The number of fused-ring (bicyclic) bond motifs is 2. The lowest BCUT2D eigenvalue weighted by atomic mass is 9.84. The van der Waals surface area contributed by atoms with Crippen LogP contribution in [0.4, 0.5) is 0 Å². The Hall–Kier alpha value is -2.40. The van der Waals surface area contributed by atoms with Gasteiger partial charge in [0.05, 0.1) is 0 Å². The molecule has 0 saturated carbocycles. The summed E-state index contributed by atoms with van der Waals surface area (Å²) in [6.45, 7) is 0. The molecular weight excluding hydrogens is 318 g/mol. The second-order valence-corrected chi connectivity index (χ2v) is 7.27. The summed E-state index contributed by atoms with van der Waals surface area (Å²) in [5, 5.41) is 42.4. The highest BCUT2D eigenvalue weighted by molar-refractivity contribution is 5.48. The van der Waals surface area contributed by atoms with Gasteiger partial charge in [-0.15, -0.1) is 0 Å². The van der Waals surface area contributed by atoms with Crippen LogP contribution in [0, 0.1) is 0 Å². The molecule has 25 heavy (non-hydrogen) atoms. The highest BCUT2D eigenvalue weighted by atomic mass is 16.3. The fourth-order valence-corrected chi connectivity index (χ4v) is 4.18. The van der Waals surface area contributed by atoms with Crippen molar-refractivity contribution < 1.29 is 20.4 Å². The minimum Gasteiger partial charge on any atom is -0.504 e. The van der Waals surface area contributed by atoms with E-state index in [1.807, 2.05) is 0 Å². The molecule has 0 unspecified atom stereocenters. The van der Waals surface area contributed by atoms with E-state index in [4.69, 9.17) is 0 Å². The molecule has 5 heteroatoms. The topological polar surface area (TPSA) is 93.0 Å². The van der Waals surface area contributed by atoms with Crippen molar-refractivity contribution >= 4 is 0 Å². The Bertz CT molecular complexity index is 750. The maximum absolute atomic E-state index is 9.73. The van der Waals surface area contributed by atoms with Crippen LogP contribution in [0.1, 0.15) is 35.1 Å². The van der Waals surface area contributed by atoms with Gasteiger partial charge >= 0.3 is 0 Å². The van der Waals surface area contributed by atoms with E-state index in [1.54, 1.807) is 24.3 Å². The zero-order chi connectivity index (χ0) is 17.6. The van der Waals surface area contributed by atoms with Gasteiger partial charge in [0, 0.05) is 12.1 Å². The molecule has 0 aliphatic heterocycles. The number of nitrogens with one attached hydrogen (secondary N) is 1. The third kappa shape index (κ3) is 3.12. The van der Waals surface area contributed by atoms with Crippen LogP contribution >= 0.6 is 0 Å². The minimum absolute atomic E-state index is 0.0443. The predicted octanol–water partition coefficient (Wildman–Crippen LogP) is 2.51. The second kappa shape index (κ2) is 6.15. The Labute approximate surface area is 146 Å². The summed E-state index contributed by atoms with van der Waals surface area (Å²) in [5.41, 5.74) is 4.42. The molecule has 0 bridgehead atoms. The van der Waals surface area contributed by atoms with E-state index >= 15 is 0 Å². The maximum Gasteiger partial charge on any atom is 0.157 e. The predicted molar refractivity (Wildman–Crippen MR) is 94.3 cm³/mol. The number of phenolic OH excluding ortho intramolecular Hbond substituents is 4. The molecule has 0 saturated heterocycles. The summed E-state index contributed by atoms with van der Waals surface area (Å²) >= 11 is 0. The smallest absolute Gasteiger partial charge is 0.157 e. The molecule has 2 aliphatic carbocycles. The zero-order valence-corrected chi connectivity index (χ0v) is 14.0. The molecule has 2 aliphatic rings. The summed E-state index contributed by atoms with van der Waals surface area (Å²) in [4.78, 5) is 0. The van der Waals surface area contributed by atoms with Gasteiger partial charge in [0.25, 0.3) is 0 Å². The van der Waals surface area contributed by atoms with Gasteiger partial charge in [0.1, 0.15) is 0 Å². The van der Waals surface area contributed by atoms with Crippen molar-refractivity contribution in [2.75, 3.05) is 0 Å². The average molecular weight is 341 g/mol. The van der Waals surface area contributed by atoms with E-state index in [-0.39, 0.29) is 23.0 Å². The van der Waals surface area contributed by atoms with Crippen LogP contribution in [0.3, 0.4) is 0 Å². The standard InChI is InChI=1S/C20H23NO4/c22-17-7-11-1-3-15(5-13(11)9-19(17)24)21-16-4-2-12-8-18(23)20(25)10-14(12)6-16/h7-10,15-16,21-25H,1-6H2/t15-,16-/m1/s1. The number of aryl methyl sites for hydroxylation is 2. The van der Waals surface area contributed by atoms with E-state index in [0.717, 1.165) is 60.8 Å². The average Bonchev–Trinajstić information content (AvgIpc) is 2.57. The van der Waals surface area contributed by atoms with Crippen LogP contribution in [0.25, 0.3) is 0 Å². The van der Waals surface area contributed by atoms with Crippen LogP contribution in [0.5, 0.6) is 23.0 Å². The number of hydrogen-bond donors (Lipinski definition) is 5. The number of rotatable bonds is 2. The van der Waals surface area contributed by atoms with Crippen molar-refractivity contribution in [3.05, 3.63) is 46.5 Å². The highest BCUT2D eigenvalue weighted by Gasteiger charge is 2.26. The lowest BCUT2D eigenvalue weighted by molar-refractivity contribution is 0.360. The van der Waals surface area contributed by atoms with Gasteiger partial charge in [-0.05, 0) is 85.0 Å². The molecule has 4 rings (SSSR count). The first-order valence-electron chi connectivity index (χ1n) is 8.83. The fourth-order valence-electron chi connectivity index (χ4n) is 4.18. The first-order valence-corrected chi connectivity index (χ1v) is 8.83. The van der Waals surface area contributed by atoms with E-state index in [9.17, 15) is 20.4 Å². The Kier molecular flexibility index (Phi) is 3.96. The first kappa shape index (κ1) is 16.1. The van der Waals surface area contributed by atoms with Crippen molar-refractivity contribution in [3.63, 3.8) is 0 Å². The van der Waals surface area contributed by atoms with Crippen LogP contribution in [-0.2, 0) is 25.7 Å². The lowest BCUT2D eigenvalue weighted by Gasteiger charge is -2.33. The lowest BCUT2D eigenvalue weighted by Crippen LogP contribution is -2.44. The molecule has 132 valence electrons. The quantitative estimate of drug-likeness (QED) is 0.541. The molecule has 5 N–H and O–H groups in total. The second-order valence-electron chi connectivity index (χ2n) is 7.27. The van der Waals surface area contributed by atoms with Gasteiger partial charge in [-0.3, -0.25) is 0 Å². The molecule has 2 atom stereocenters. The zero-order valence-electron chi connectivity index (χ0n) is 14.0. The van der Waals surface area contributed by atoms with Gasteiger partial charge in [-0.25, -0.2) is 0 Å². The third-order valence-corrected chi connectivity index (χ3v) is 5.52. The van der Waals surface area contributed by atoms with Gasteiger partial charge < -0.3 is 25.7 Å². The van der Waals surface area contributed by atoms with Crippen molar-refractivity contribution in [3.8, 4) is 23.0 Å². The SMILES string of the molecule is Oc1cc2c(cc1O)C[C@H](N[C@@H]1CCc3cc(O)c(O)cc3C1)CC2. The number of benzene rings is 2. The number of aromatic hydroxyl groups is 4. The first-order chi connectivity index (χ1) is 12.0. The molecular formula is C20H23NO4. The molecule has 0 spiro atoms. The number of phenols is 4. The van der Waals surface area contributed by atoms with Crippen LogP contribution < -0.4 is 5.32 Å².